The van der Waals surface area contributed by atoms with E-state index in [1.54, 1.807) is 18.2 Å². The van der Waals surface area contributed by atoms with E-state index in [1.807, 2.05) is 6.07 Å². The number of hydrogen-bond donors (Lipinski definition) is 0. The van der Waals surface area contributed by atoms with Crippen LogP contribution in [0.2, 0.25) is 0 Å². The van der Waals surface area contributed by atoms with Gasteiger partial charge in [0.1, 0.15) is 0 Å². The SMILES string of the molecule is O=C1OC(c2cccc(Br)c2)=NC1=Cc1cc2c(cc1[N+](=O)[O-])OCO2. The fraction of sp³-hybridized carbons (Fsp3) is 0.0588. The van der Waals surface area contributed by atoms with Crippen LogP contribution < -0.4 is 9.47 Å². The first-order valence-corrected chi connectivity index (χ1v) is 8.17. The van der Waals surface area contributed by atoms with E-state index < -0.39 is 10.9 Å². The normalized spacial score (nSPS) is 16.6. The maximum atomic E-state index is 12.1. The lowest BCUT2D eigenvalue weighted by Gasteiger charge is -2.01. The maximum absolute atomic E-state index is 12.1. The van der Waals surface area contributed by atoms with Gasteiger partial charge < -0.3 is 14.2 Å². The van der Waals surface area contributed by atoms with Crippen LogP contribution in [0.15, 0.2) is 51.6 Å². The van der Waals surface area contributed by atoms with E-state index >= 15 is 0 Å². The number of benzene rings is 2. The lowest BCUT2D eigenvalue weighted by molar-refractivity contribution is -0.385. The van der Waals surface area contributed by atoms with Crippen molar-refractivity contribution in [1.82, 2.24) is 0 Å². The number of fused-ring (bicyclic) bond motifs is 1. The summed E-state index contributed by atoms with van der Waals surface area (Å²) < 4.78 is 16.4. The number of ether oxygens (including phenoxy) is 3. The summed E-state index contributed by atoms with van der Waals surface area (Å²) in [6.07, 6.45) is 1.30. The molecule has 0 bridgehead atoms. The average molecular weight is 417 g/mol. The summed E-state index contributed by atoms with van der Waals surface area (Å²) in [5.41, 5.74) is 0.518. The van der Waals surface area contributed by atoms with Gasteiger partial charge in [-0.2, -0.15) is 0 Å². The Labute approximate surface area is 155 Å². The molecule has 0 radical (unpaired) electrons. The molecular formula is C17H9BrN2O6. The molecule has 0 spiro atoms. The third-order valence-corrected chi connectivity index (χ3v) is 4.20. The third kappa shape index (κ3) is 2.93. The summed E-state index contributed by atoms with van der Waals surface area (Å²) in [7, 11) is 0. The lowest BCUT2D eigenvalue weighted by Crippen LogP contribution is -2.05. The number of hydrogen-bond acceptors (Lipinski definition) is 7. The van der Waals surface area contributed by atoms with Gasteiger partial charge in [0, 0.05) is 10.0 Å². The van der Waals surface area contributed by atoms with Crippen molar-refractivity contribution in [3.8, 4) is 11.5 Å². The second-order valence-electron chi connectivity index (χ2n) is 5.37. The first-order chi connectivity index (χ1) is 12.5. The topological polar surface area (TPSA) is 100 Å². The van der Waals surface area contributed by atoms with Crippen LogP contribution in [0.25, 0.3) is 6.08 Å². The van der Waals surface area contributed by atoms with Gasteiger partial charge in [0.05, 0.1) is 16.6 Å². The maximum Gasteiger partial charge on any atom is 0.363 e. The molecule has 2 aromatic rings. The molecule has 0 saturated carbocycles. The summed E-state index contributed by atoms with van der Waals surface area (Å²) >= 11 is 3.34. The Morgan fingerprint density at radius 1 is 1.19 bits per heavy atom. The highest BCUT2D eigenvalue weighted by Crippen LogP contribution is 2.39. The van der Waals surface area contributed by atoms with Gasteiger partial charge in [-0.05, 0) is 30.3 Å². The number of carbonyl (C=O) groups excluding carboxylic acids is 1. The van der Waals surface area contributed by atoms with Crippen LogP contribution in [-0.4, -0.2) is 23.6 Å². The molecule has 26 heavy (non-hydrogen) atoms. The molecule has 0 amide bonds. The number of rotatable bonds is 3. The number of nitro benzene ring substituents is 1. The third-order valence-electron chi connectivity index (χ3n) is 3.70. The molecular weight excluding hydrogens is 408 g/mol. The Hall–Kier alpha value is -3.20. The van der Waals surface area contributed by atoms with Gasteiger partial charge in [-0.3, -0.25) is 10.1 Å². The molecule has 0 saturated heterocycles. The first kappa shape index (κ1) is 16.3. The second-order valence-corrected chi connectivity index (χ2v) is 6.28. The van der Waals surface area contributed by atoms with Crippen molar-refractivity contribution in [2.75, 3.05) is 6.79 Å². The molecule has 0 fully saturated rings. The van der Waals surface area contributed by atoms with Crippen LogP contribution in [0.4, 0.5) is 5.69 Å². The highest BCUT2D eigenvalue weighted by atomic mass is 79.9. The monoisotopic (exact) mass is 416 g/mol. The minimum Gasteiger partial charge on any atom is -0.454 e. The highest BCUT2D eigenvalue weighted by molar-refractivity contribution is 9.10. The molecule has 0 unspecified atom stereocenters. The van der Waals surface area contributed by atoms with E-state index in [4.69, 9.17) is 14.2 Å². The Morgan fingerprint density at radius 3 is 2.69 bits per heavy atom. The Kier molecular flexibility index (Phi) is 3.92. The predicted molar refractivity (Wildman–Crippen MR) is 94.0 cm³/mol. The van der Waals surface area contributed by atoms with E-state index in [1.165, 1.54) is 18.2 Å². The van der Waals surface area contributed by atoms with E-state index in [2.05, 4.69) is 20.9 Å². The number of esters is 1. The molecule has 4 rings (SSSR count). The number of aliphatic imine (C=N–C) groups is 1. The number of cyclic esters (lactones) is 1. The molecule has 8 nitrogen and oxygen atoms in total. The Morgan fingerprint density at radius 2 is 1.96 bits per heavy atom. The molecule has 0 N–H and O–H groups in total. The highest BCUT2D eigenvalue weighted by Gasteiger charge is 2.27. The summed E-state index contributed by atoms with van der Waals surface area (Å²) in [5, 5.41) is 11.3. The van der Waals surface area contributed by atoms with Crippen LogP contribution in [0.3, 0.4) is 0 Å². The van der Waals surface area contributed by atoms with Crippen LogP contribution in [0.1, 0.15) is 11.1 Å². The van der Waals surface area contributed by atoms with Crippen LogP contribution >= 0.6 is 15.9 Å². The molecule has 0 aliphatic carbocycles. The fourth-order valence-electron chi connectivity index (χ4n) is 2.52. The zero-order valence-corrected chi connectivity index (χ0v) is 14.6. The van der Waals surface area contributed by atoms with E-state index in [9.17, 15) is 14.9 Å². The fourth-order valence-corrected chi connectivity index (χ4v) is 2.92. The zero-order valence-electron chi connectivity index (χ0n) is 13.0. The molecule has 9 heteroatoms. The summed E-state index contributed by atoms with van der Waals surface area (Å²) in [6.45, 7) is -0.0141. The van der Waals surface area contributed by atoms with Crippen molar-refractivity contribution >= 4 is 39.6 Å². The average Bonchev–Trinajstić information content (AvgIpc) is 3.20. The van der Waals surface area contributed by atoms with Gasteiger partial charge >= 0.3 is 5.97 Å². The van der Waals surface area contributed by atoms with Gasteiger partial charge in [-0.25, -0.2) is 9.79 Å². The molecule has 2 heterocycles. The number of halogens is 1. The van der Waals surface area contributed by atoms with E-state index in [-0.39, 0.29) is 35.4 Å². The first-order valence-electron chi connectivity index (χ1n) is 7.38. The lowest BCUT2D eigenvalue weighted by atomic mass is 10.1. The molecule has 130 valence electrons. The summed E-state index contributed by atoms with van der Waals surface area (Å²) in [4.78, 5) is 27.0. The van der Waals surface area contributed by atoms with Gasteiger partial charge in [-0.15, -0.1) is 0 Å². The van der Waals surface area contributed by atoms with Gasteiger partial charge in [0.2, 0.25) is 12.7 Å². The summed E-state index contributed by atoms with van der Waals surface area (Å²) in [5.74, 6) is 0.0917. The largest absolute Gasteiger partial charge is 0.454 e. The molecule has 2 aliphatic rings. The molecule has 2 aliphatic heterocycles. The standard InChI is InChI=1S/C17H9BrN2O6/c18-11-3-1-2-9(4-11)16-19-12(17(21)26-16)5-10-6-14-15(25-8-24-14)7-13(10)20(22)23/h1-7H,8H2. The van der Waals surface area contributed by atoms with Crippen LogP contribution in [-0.2, 0) is 9.53 Å². The van der Waals surface area contributed by atoms with Crippen molar-refractivity contribution in [2.24, 2.45) is 4.99 Å². The number of carbonyl (C=O) groups is 1. The van der Waals surface area contributed by atoms with Crippen LogP contribution in [0.5, 0.6) is 11.5 Å². The van der Waals surface area contributed by atoms with Crippen molar-refractivity contribution in [3.63, 3.8) is 0 Å². The van der Waals surface area contributed by atoms with Crippen molar-refractivity contribution < 1.29 is 23.9 Å². The second kappa shape index (κ2) is 6.26. The van der Waals surface area contributed by atoms with E-state index in [0.29, 0.717) is 11.3 Å². The zero-order chi connectivity index (χ0) is 18.3. The van der Waals surface area contributed by atoms with Gasteiger partial charge in [-0.1, -0.05) is 22.0 Å². The minimum atomic E-state index is -0.688. The quantitative estimate of drug-likeness (QED) is 0.328. The van der Waals surface area contributed by atoms with Crippen molar-refractivity contribution in [1.29, 1.82) is 0 Å². The smallest absolute Gasteiger partial charge is 0.363 e. The number of nitrogens with zero attached hydrogens (tertiary/aromatic N) is 2. The minimum absolute atomic E-state index is 0.0141. The van der Waals surface area contributed by atoms with Crippen molar-refractivity contribution in [3.05, 3.63) is 67.8 Å². The van der Waals surface area contributed by atoms with Crippen molar-refractivity contribution in [2.45, 2.75) is 0 Å². The van der Waals surface area contributed by atoms with Gasteiger partial charge in [0.25, 0.3) is 5.69 Å². The molecule has 2 aromatic carbocycles. The molecule has 0 aromatic heterocycles. The number of nitro groups is 1. The predicted octanol–water partition coefficient (Wildman–Crippen LogP) is 3.43. The Bertz CT molecular complexity index is 1010. The Balaban J connectivity index is 1.76. The summed E-state index contributed by atoms with van der Waals surface area (Å²) in [6, 6.07) is 9.79. The molecule has 0 atom stereocenters. The van der Waals surface area contributed by atoms with Crippen LogP contribution in [0, 0.1) is 10.1 Å². The van der Waals surface area contributed by atoms with E-state index in [0.717, 1.165) is 4.47 Å². The van der Waals surface area contributed by atoms with Gasteiger partial charge in [0.15, 0.2) is 17.2 Å².